The van der Waals surface area contributed by atoms with Crippen LogP contribution in [0.25, 0.3) is 0 Å². The Morgan fingerprint density at radius 2 is 2.05 bits per heavy atom. The van der Waals surface area contributed by atoms with Gasteiger partial charge >= 0.3 is 0 Å². The Labute approximate surface area is 133 Å². The van der Waals surface area contributed by atoms with Gasteiger partial charge in [0.1, 0.15) is 17.6 Å². The number of benzene rings is 2. The fourth-order valence-electron chi connectivity index (χ4n) is 2.78. The molecule has 4 heteroatoms. The lowest BCUT2D eigenvalue weighted by molar-refractivity contribution is 0.161. The topological polar surface area (TPSA) is 44.5 Å². The van der Waals surface area contributed by atoms with E-state index in [0.717, 1.165) is 39.1 Å². The van der Waals surface area contributed by atoms with Crippen LogP contribution < -0.4 is 15.2 Å². The van der Waals surface area contributed by atoms with E-state index in [1.165, 1.54) is 0 Å². The second-order valence-electron chi connectivity index (χ2n) is 5.36. The Balaban J connectivity index is 1.92. The van der Waals surface area contributed by atoms with Crippen LogP contribution in [0, 0.1) is 6.92 Å². The number of fused-ring (bicyclic) bond motifs is 1. The first-order valence-corrected chi connectivity index (χ1v) is 7.74. The summed E-state index contributed by atoms with van der Waals surface area (Å²) in [6.45, 7) is 2.04. The number of ether oxygens (including phenoxy) is 2. The van der Waals surface area contributed by atoms with Crippen LogP contribution in [0.4, 0.5) is 0 Å². The molecule has 21 heavy (non-hydrogen) atoms. The summed E-state index contributed by atoms with van der Waals surface area (Å²) in [6, 6.07) is 12.1. The zero-order valence-corrected chi connectivity index (χ0v) is 13.7. The Morgan fingerprint density at radius 1 is 1.24 bits per heavy atom. The van der Waals surface area contributed by atoms with E-state index in [0.29, 0.717) is 0 Å². The molecule has 0 amide bonds. The van der Waals surface area contributed by atoms with E-state index in [1.54, 1.807) is 7.11 Å². The van der Waals surface area contributed by atoms with Crippen molar-refractivity contribution in [3.05, 3.63) is 57.6 Å². The minimum Gasteiger partial charge on any atom is -0.496 e. The maximum absolute atomic E-state index is 6.31. The molecular formula is C17H18BrNO2. The van der Waals surface area contributed by atoms with E-state index in [1.807, 2.05) is 37.3 Å². The number of methoxy groups -OCH3 is 1. The summed E-state index contributed by atoms with van der Waals surface area (Å²) in [5, 5.41) is 0. The maximum atomic E-state index is 6.31. The number of hydrogen-bond donors (Lipinski definition) is 1. The van der Waals surface area contributed by atoms with E-state index in [2.05, 4.69) is 22.0 Å². The standard InChI is InChI=1S/C17H18BrNO2/c1-10-7-11(3-5-15(10)20-2)17-9-14(19)13-8-12(18)4-6-16(13)21-17/h3-8,14,17H,9,19H2,1-2H3/t14-,17?/m1/s1. The van der Waals surface area contributed by atoms with Gasteiger partial charge in [-0.15, -0.1) is 0 Å². The summed E-state index contributed by atoms with van der Waals surface area (Å²) >= 11 is 3.48. The molecule has 0 saturated carbocycles. The Morgan fingerprint density at radius 3 is 2.76 bits per heavy atom. The van der Waals surface area contributed by atoms with Crippen molar-refractivity contribution in [2.24, 2.45) is 5.73 Å². The van der Waals surface area contributed by atoms with Gasteiger partial charge in [-0.1, -0.05) is 22.0 Å². The van der Waals surface area contributed by atoms with Gasteiger partial charge in [0.25, 0.3) is 0 Å². The quantitative estimate of drug-likeness (QED) is 0.881. The molecule has 1 aliphatic heterocycles. The highest BCUT2D eigenvalue weighted by Crippen LogP contribution is 2.41. The minimum atomic E-state index is -0.0155. The van der Waals surface area contributed by atoms with Crippen LogP contribution in [0.15, 0.2) is 40.9 Å². The van der Waals surface area contributed by atoms with E-state index >= 15 is 0 Å². The lowest BCUT2D eigenvalue weighted by Crippen LogP contribution is -2.24. The molecule has 1 heterocycles. The lowest BCUT2D eigenvalue weighted by atomic mass is 9.93. The van der Waals surface area contributed by atoms with Crippen molar-refractivity contribution in [1.82, 2.24) is 0 Å². The van der Waals surface area contributed by atoms with Crippen LogP contribution in [0.1, 0.15) is 35.3 Å². The molecule has 2 N–H and O–H groups in total. The molecule has 0 fully saturated rings. The highest BCUT2D eigenvalue weighted by molar-refractivity contribution is 9.10. The van der Waals surface area contributed by atoms with E-state index in [4.69, 9.17) is 15.2 Å². The monoisotopic (exact) mass is 347 g/mol. The average molecular weight is 348 g/mol. The lowest BCUT2D eigenvalue weighted by Gasteiger charge is -2.31. The molecule has 0 radical (unpaired) electrons. The van der Waals surface area contributed by atoms with Crippen molar-refractivity contribution < 1.29 is 9.47 Å². The van der Waals surface area contributed by atoms with Gasteiger partial charge in [-0.3, -0.25) is 0 Å². The molecule has 3 nitrogen and oxygen atoms in total. The highest BCUT2D eigenvalue weighted by atomic mass is 79.9. The molecule has 0 aliphatic carbocycles. The van der Waals surface area contributed by atoms with Crippen molar-refractivity contribution in [2.75, 3.05) is 7.11 Å². The molecule has 0 spiro atoms. The van der Waals surface area contributed by atoms with Crippen molar-refractivity contribution in [1.29, 1.82) is 0 Å². The second kappa shape index (κ2) is 5.70. The Bertz CT molecular complexity index is 672. The fourth-order valence-corrected chi connectivity index (χ4v) is 3.16. The third kappa shape index (κ3) is 2.78. The molecule has 110 valence electrons. The molecule has 0 saturated heterocycles. The molecule has 1 aliphatic rings. The molecule has 0 bridgehead atoms. The summed E-state index contributed by atoms with van der Waals surface area (Å²) in [4.78, 5) is 0. The SMILES string of the molecule is COc1ccc(C2C[C@@H](N)c3cc(Br)ccc3O2)cc1C. The van der Waals surface area contributed by atoms with Crippen molar-refractivity contribution in [2.45, 2.75) is 25.5 Å². The van der Waals surface area contributed by atoms with Gasteiger partial charge in [-0.2, -0.15) is 0 Å². The maximum Gasteiger partial charge on any atom is 0.126 e. The minimum absolute atomic E-state index is 0.0151. The first-order chi connectivity index (χ1) is 10.1. The first-order valence-electron chi connectivity index (χ1n) is 6.94. The van der Waals surface area contributed by atoms with Crippen LogP contribution in [0.5, 0.6) is 11.5 Å². The van der Waals surface area contributed by atoms with Crippen LogP contribution in [-0.4, -0.2) is 7.11 Å². The van der Waals surface area contributed by atoms with Gasteiger partial charge in [0, 0.05) is 22.5 Å². The number of nitrogens with two attached hydrogens (primary N) is 1. The van der Waals surface area contributed by atoms with Gasteiger partial charge < -0.3 is 15.2 Å². The zero-order valence-electron chi connectivity index (χ0n) is 12.1. The summed E-state index contributed by atoms with van der Waals surface area (Å²) < 4.78 is 12.5. The number of aryl methyl sites for hydroxylation is 1. The van der Waals surface area contributed by atoms with Crippen LogP contribution in [-0.2, 0) is 0 Å². The average Bonchev–Trinajstić information content (AvgIpc) is 2.47. The van der Waals surface area contributed by atoms with Crippen LogP contribution in [0.2, 0.25) is 0 Å². The third-order valence-electron chi connectivity index (χ3n) is 3.90. The Kier molecular flexibility index (Phi) is 3.91. The van der Waals surface area contributed by atoms with Crippen LogP contribution in [0.3, 0.4) is 0 Å². The van der Waals surface area contributed by atoms with Crippen molar-refractivity contribution in [3.8, 4) is 11.5 Å². The summed E-state index contributed by atoms with van der Waals surface area (Å²) in [7, 11) is 1.68. The molecule has 1 unspecified atom stereocenters. The van der Waals surface area contributed by atoms with Gasteiger partial charge in [0.05, 0.1) is 7.11 Å². The smallest absolute Gasteiger partial charge is 0.126 e. The molecule has 2 aromatic rings. The summed E-state index contributed by atoms with van der Waals surface area (Å²) in [5.74, 6) is 1.76. The number of rotatable bonds is 2. The molecule has 2 atom stereocenters. The van der Waals surface area contributed by atoms with Crippen molar-refractivity contribution in [3.63, 3.8) is 0 Å². The predicted molar refractivity (Wildman–Crippen MR) is 86.8 cm³/mol. The molecule has 3 rings (SSSR count). The van der Waals surface area contributed by atoms with Crippen LogP contribution >= 0.6 is 15.9 Å². The van der Waals surface area contributed by atoms with Gasteiger partial charge in [0.15, 0.2) is 0 Å². The van der Waals surface area contributed by atoms with Gasteiger partial charge in [-0.25, -0.2) is 0 Å². The van der Waals surface area contributed by atoms with Gasteiger partial charge in [-0.05, 0) is 48.4 Å². The van der Waals surface area contributed by atoms with Crippen molar-refractivity contribution >= 4 is 15.9 Å². The molecule has 2 aromatic carbocycles. The normalized spacial score (nSPS) is 20.6. The third-order valence-corrected chi connectivity index (χ3v) is 4.39. The van der Waals surface area contributed by atoms with E-state index in [-0.39, 0.29) is 12.1 Å². The van der Waals surface area contributed by atoms with Gasteiger partial charge in [0.2, 0.25) is 0 Å². The Hall–Kier alpha value is -1.52. The summed E-state index contributed by atoms with van der Waals surface area (Å²) in [6.07, 6.45) is 0.758. The van der Waals surface area contributed by atoms with E-state index in [9.17, 15) is 0 Å². The molecule has 0 aromatic heterocycles. The highest BCUT2D eigenvalue weighted by Gasteiger charge is 2.27. The fraction of sp³-hybridized carbons (Fsp3) is 0.294. The predicted octanol–water partition coefficient (Wildman–Crippen LogP) is 4.29. The number of hydrogen-bond acceptors (Lipinski definition) is 3. The molecular weight excluding hydrogens is 330 g/mol. The zero-order chi connectivity index (χ0) is 15.0. The summed E-state index contributed by atoms with van der Waals surface area (Å²) in [5.41, 5.74) is 9.61. The van der Waals surface area contributed by atoms with E-state index < -0.39 is 0 Å². The largest absolute Gasteiger partial charge is 0.496 e. The second-order valence-corrected chi connectivity index (χ2v) is 6.28. The first kappa shape index (κ1) is 14.4. The number of halogens is 1.